The summed E-state index contributed by atoms with van der Waals surface area (Å²) in [4.78, 5) is 26.0. The predicted molar refractivity (Wildman–Crippen MR) is 100 cm³/mol. The molecule has 0 aromatic heterocycles. The van der Waals surface area contributed by atoms with Crippen molar-refractivity contribution < 1.29 is 22.8 Å². The summed E-state index contributed by atoms with van der Waals surface area (Å²) in [5, 5.41) is 1.09. The topological polar surface area (TPSA) is 49.4 Å². The van der Waals surface area contributed by atoms with Crippen LogP contribution in [0, 0.1) is 13.8 Å². The number of nitrogens with one attached hydrogen (secondary N) is 1. The van der Waals surface area contributed by atoms with Gasteiger partial charge >= 0.3 is 6.18 Å². The van der Waals surface area contributed by atoms with E-state index in [2.05, 4.69) is 5.32 Å². The highest BCUT2D eigenvalue weighted by Gasteiger charge is 2.41. The summed E-state index contributed by atoms with van der Waals surface area (Å²) in [6, 6.07) is 7.92. The smallest absolute Gasteiger partial charge is 0.364 e. The molecule has 1 N–H and O–H groups in total. The summed E-state index contributed by atoms with van der Waals surface area (Å²) in [6.45, 7) is 3.76. The van der Waals surface area contributed by atoms with Gasteiger partial charge in [0.15, 0.2) is 5.37 Å². The molecule has 0 radical (unpaired) electrons. The van der Waals surface area contributed by atoms with Crippen LogP contribution in [0.2, 0.25) is 5.02 Å². The number of halogens is 4. The molecule has 1 aliphatic heterocycles. The van der Waals surface area contributed by atoms with Gasteiger partial charge in [-0.2, -0.15) is 13.2 Å². The van der Waals surface area contributed by atoms with Gasteiger partial charge in [0.1, 0.15) is 0 Å². The third-order valence-electron chi connectivity index (χ3n) is 4.17. The lowest BCUT2D eigenvalue weighted by molar-refractivity contribution is -0.137. The molecule has 3 rings (SSSR count). The zero-order valence-corrected chi connectivity index (χ0v) is 15.8. The molecule has 1 aliphatic rings. The second-order valence-corrected chi connectivity index (χ2v) is 7.51. The van der Waals surface area contributed by atoms with Gasteiger partial charge in [-0.25, -0.2) is 4.90 Å². The van der Waals surface area contributed by atoms with Crippen molar-refractivity contribution in [2.75, 3.05) is 10.2 Å². The number of thioether (sulfide) groups is 1. The van der Waals surface area contributed by atoms with E-state index in [0.29, 0.717) is 17.4 Å². The maximum atomic E-state index is 12.9. The number of hydrogen-bond acceptors (Lipinski definition) is 4. The van der Waals surface area contributed by atoms with Gasteiger partial charge in [0.2, 0.25) is 0 Å². The molecule has 0 aliphatic carbocycles. The van der Waals surface area contributed by atoms with Gasteiger partial charge in [0.25, 0.3) is 11.1 Å². The quantitative estimate of drug-likeness (QED) is 0.708. The van der Waals surface area contributed by atoms with Crippen LogP contribution in [0.4, 0.5) is 29.3 Å². The Kier molecular flexibility index (Phi) is 5.14. The Morgan fingerprint density at radius 2 is 1.78 bits per heavy atom. The van der Waals surface area contributed by atoms with E-state index < -0.39 is 28.3 Å². The maximum Gasteiger partial charge on any atom is 0.416 e. The highest BCUT2D eigenvalue weighted by Crippen LogP contribution is 2.37. The minimum Gasteiger partial charge on any atom is -0.364 e. The summed E-state index contributed by atoms with van der Waals surface area (Å²) < 4.78 is 38.7. The molecule has 0 bridgehead atoms. The molecule has 142 valence electrons. The molecule has 1 fully saturated rings. The number of amides is 2. The Balaban J connectivity index is 1.86. The van der Waals surface area contributed by atoms with Crippen molar-refractivity contribution in [2.45, 2.75) is 25.4 Å². The zero-order valence-electron chi connectivity index (χ0n) is 14.2. The molecule has 1 atom stereocenters. The van der Waals surface area contributed by atoms with Crippen molar-refractivity contribution in [1.82, 2.24) is 0 Å². The first-order valence-corrected chi connectivity index (χ1v) is 9.09. The molecule has 2 amide bonds. The monoisotopic (exact) mass is 414 g/mol. The summed E-state index contributed by atoms with van der Waals surface area (Å²) in [5.41, 5.74) is 1.38. The molecule has 0 spiro atoms. The number of carbonyl (C=O) groups is 2. The first-order valence-electron chi connectivity index (χ1n) is 7.83. The highest BCUT2D eigenvalue weighted by molar-refractivity contribution is 8.16. The van der Waals surface area contributed by atoms with Crippen LogP contribution in [0.1, 0.15) is 16.7 Å². The van der Waals surface area contributed by atoms with E-state index in [4.69, 9.17) is 11.6 Å². The second-order valence-electron chi connectivity index (χ2n) is 6.04. The minimum absolute atomic E-state index is 0.0217. The minimum atomic E-state index is -4.55. The lowest BCUT2D eigenvalue weighted by atomic mass is 10.1. The van der Waals surface area contributed by atoms with Gasteiger partial charge in [0, 0.05) is 0 Å². The Bertz CT molecular complexity index is 933. The van der Waals surface area contributed by atoms with Crippen molar-refractivity contribution in [3.8, 4) is 0 Å². The molecule has 1 unspecified atom stereocenters. The van der Waals surface area contributed by atoms with Crippen LogP contribution in [0.5, 0.6) is 0 Å². The summed E-state index contributed by atoms with van der Waals surface area (Å²) in [6.07, 6.45) is -4.55. The molecule has 0 saturated carbocycles. The molecule has 2 aromatic carbocycles. The van der Waals surface area contributed by atoms with E-state index in [-0.39, 0.29) is 10.7 Å². The third-order valence-corrected chi connectivity index (χ3v) is 5.44. The number of imide groups is 1. The fraction of sp³-hybridized carbons (Fsp3) is 0.222. The first-order chi connectivity index (χ1) is 12.6. The number of rotatable bonds is 3. The number of hydrogen-bond donors (Lipinski definition) is 1. The number of carbonyl (C=O) groups excluding carboxylic acids is 2. The number of nitrogens with zero attached hydrogens (tertiary/aromatic N) is 1. The van der Waals surface area contributed by atoms with Gasteiger partial charge in [-0.1, -0.05) is 17.7 Å². The fourth-order valence-electron chi connectivity index (χ4n) is 2.55. The van der Waals surface area contributed by atoms with Crippen LogP contribution in [-0.4, -0.2) is 16.5 Å². The van der Waals surface area contributed by atoms with Crippen LogP contribution >= 0.6 is 23.4 Å². The summed E-state index contributed by atoms with van der Waals surface area (Å²) >= 11 is 6.64. The molecule has 1 saturated heterocycles. The van der Waals surface area contributed by atoms with Gasteiger partial charge in [-0.15, -0.1) is 0 Å². The summed E-state index contributed by atoms with van der Waals surface area (Å²) in [5.74, 6) is -0.568. The molecular weight excluding hydrogens is 401 g/mol. The van der Waals surface area contributed by atoms with Gasteiger partial charge < -0.3 is 5.32 Å². The number of alkyl halides is 3. The van der Waals surface area contributed by atoms with Gasteiger partial charge in [0.05, 0.1) is 22.0 Å². The molecule has 9 heteroatoms. The van der Waals surface area contributed by atoms with Crippen molar-refractivity contribution >= 4 is 45.9 Å². The Morgan fingerprint density at radius 1 is 1.07 bits per heavy atom. The number of aryl methyl sites for hydroxylation is 2. The Labute approximate surface area is 162 Å². The molecular formula is C18H14ClF3N2O2S. The molecule has 4 nitrogen and oxygen atoms in total. The predicted octanol–water partition coefficient (Wildman–Crippen LogP) is 5.61. The Morgan fingerprint density at radius 3 is 2.41 bits per heavy atom. The van der Waals surface area contributed by atoms with E-state index in [0.717, 1.165) is 34.2 Å². The van der Waals surface area contributed by atoms with Crippen LogP contribution in [0.25, 0.3) is 0 Å². The average Bonchev–Trinajstić information content (AvgIpc) is 2.85. The standard InChI is InChI=1S/C18H14ClF3N2O2S/c1-9-3-5-12(7-10(9)2)24-16(25)15(27-17(24)26)23-14-8-11(18(20,21)22)4-6-13(14)19/h3-8,15,23H,1-2H3. The SMILES string of the molecule is Cc1ccc(N2C(=O)SC(Nc3cc(C(F)(F)F)ccc3Cl)C2=O)cc1C. The van der Waals surface area contributed by atoms with E-state index >= 15 is 0 Å². The van der Waals surface area contributed by atoms with E-state index in [1.807, 2.05) is 13.8 Å². The normalized spacial score (nSPS) is 17.6. The molecule has 2 aromatic rings. The van der Waals surface area contributed by atoms with Crippen molar-refractivity contribution in [3.05, 3.63) is 58.1 Å². The Hall–Kier alpha value is -2.19. The van der Waals surface area contributed by atoms with E-state index in [1.165, 1.54) is 0 Å². The van der Waals surface area contributed by atoms with Crippen LogP contribution in [-0.2, 0) is 11.0 Å². The number of anilines is 2. The molecule has 1 heterocycles. The first kappa shape index (κ1) is 19.6. The van der Waals surface area contributed by atoms with Crippen molar-refractivity contribution in [1.29, 1.82) is 0 Å². The third kappa shape index (κ3) is 3.91. The van der Waals surface area contributed by atoms with Crippen LogP contribution in [0.15, 0.2) is 36.4 Å². The maximum absolute atomic E-state index is 12.9. The highest BCUT2D eigenvalue weighted by atomic mass is 35.5. The fourth-order valence-corrected chi connectivity index (χ4v) is 3.62. The van der Waals surface area contributed by atoms with Gasteiger partial charge in [-0.05, 0) is 67.1 Å². The molecule has 27 heavy (non-hydrogen) atoms. The summed E-state index contributed by atoms with van der Waals surface area (Å²) in [7, 11) is 0. The lowest BCUT2D eigenvalue weighted by Gasteiger charge is -2.17. The largest absolute Gasteiger partial charge is 0.416 e. The van der Waals surface area contributed by atoms with Crippen LogP contribution < -0.4 is 10.2 Å². The average molecular weight is 415 g/mol. The lowest BCUT2D eigenvalue weighted by Crippen LogP contribution is -2.34. The van der Waals surface area contributed by atoms with E-state index in [9.17, 15) is 22.8 Å². The van der Waals surface area contributed by atoms with Crippen molar-refractivity contribution in [2.24, 2.45) is 0 Å². The van der Waals surface area contributed by atoms with Gasteiger partial charge in [-0.3, -0.25) is 9.59 Å². The van der Waals surface area contributed by atoms with Crippen molar-refractivity contribution in [3.63, 3.8) is 0 Å². The second kappa shape index (κ2) is 7.09. The van der Waals surface area contributed by atoms with Crippen LogP contribution in [0.3, 0.4) is 0 Å². The van der Waals surface area contributed by atoms with E-state index in [1.54, 1.807) is 18.2 Å². The zero-order chi connectivity index (χ0) is 19.9. The number of benzene rings is 2.